The number of Topliss-reactive ketones (excluding diaryl/α,β-unsaturated/α-hetero) is 4. The topological polar surface area (TPSA) is 127 Å². The van der Waals surface area contributed by atoms with E-state index in [1.807, 2.05) is 6.07 Å². The van der Waals surface area contributed by atoms with Crippen LogP contribution in [-0.4, -0.2) is 46.4 Å². The lowest BCUT2D eigenvalue weighted by Gasteiger charge is -2.29. The van der Waals surface area contributed by atoms with E-state index in [9.17, 15) is 29.1 Å². The van der Waals surface area contributed by atoms with E-state index in [1.165, 1.54) is 13.0 Å². The molecule has 0 spiro atoms. The van der Waals surface area contributed by atoms with Gasteiger partial charge in [0.15, 0.2) is 0 Å². The molecule has 0 aromatic heterocycles. The number of phenols is 1. The second-order valence-electron chi connectivity index (χ2n) is 9.42. The van der Waals surface area contributed by atoms with Crippen LogP contribution in [0.5, 0.6) is 5.75 Å². The Morgan fingerprint density at radius 2 is 1.61 bits per heavy atom. The summed E-state index contributed by atoms with van der Waals surface area (Å²) >= 11 is 0. The van der Waals surface area contributed by atoms with E-state index >= 15 is 0 Å². The van der Waals surface area contributed by atoms with Crippen molar-refractivity contribution in [1.29, 1.82) is 0 Å². The monoisotopic (exact) mass is 493 g/mol. The van der Waals surface area contributed by atoms with Crippen LogP contribution in [-0.2, 0) is 41.7 Å². The standard InChI is InChI=1S/C28H31NO7/c1-16(2)28(35)36-27-17(3)24(32)26(34)21(29-15-19-11-7-8-12-22(19)30)14-23(31)25(33)20(27)13-18-9-5-4-6-10-18/h4-12,16-17,20-21,27,29-30H,13-15H2,1-3H3/t17-,20+,21+,27-/m1/s1. The number of rotatable bonds is 7. The third-order valence-corrected chi connectivity index (χ3v) is 6.42. The van der Waals surface area contributed by atoms with Crippen molar-refractivity contribution in [2.45, 2.75) is 52.3 Å². The summed E-state index contributed by atoms with van der Waals surface area (Å²) < 4.78 is 5.62. The highest BCUT2D eigenvalue weighted by molar-refractivity contribution is 6.44. The molecule has 190 valence electrons. The van der Waals surface area contributed by atoms with Gasteiger partial charge >= 0.3 is 5.97 Å². The molecule has 8 heteroatoms. The molecule has 1 saturated carbocycles. The third-order valence-electron chi connectivity index (χ3n) is 6.42. The first kappa shape index (κ1) is 26.9. The lowest BCUT2D eigenvalue weighted by atomic mass is 9.81. The number of para-hydroxylation sites is 1. The van der Waals surface area contributed by atoms with E-state index in [-0.39, 0.29) is 18.7 Å². The summed E-state index contributed by atoms with van der Waals surface area (Å²) in [6.07, 6.45) is -1.71. The normalized spacial score (nSPS) is 23.2. The first-order valence-corrected chi connectivity index (χ1v) is 12.0. The van der Waals surface area contributed by atoms with Gasteiger partial charge in [0, 0.05) is 18.5 Å². The molecule has 0 unspecified atom stereocenters. The molecule has 0 aliphatic heterocycles. The maximum absolute atomic E-state index is 13.4. The molecule has 3 rings (SSSR count). The molecule has 2 N–H and O–H groups in total. The van der Waals surface area contributed by atoms with Gasteiger partial charge in [0.05, 0.1) is 23.8 Å². The lowest BCUT2D eigenvalue weighted by Crippen LogP contribution is -2.46. The molecule has 0 radical (unpaired) electrons. The van der Waals surface area contributed by atoms with Crippen LogP contribution in [0.1, 0.15) is 38.3 Å². The Bertz CT molecular complexity index is 1140. The number of aromatic hydroxyl groups is 1. The number of nitrogens with one attached hydrogen (secondary N) is 1. The SMILES string of the molecule is CC(C)C(=O)O[C@@H]1[C@H](C)C(=O)C(=O)[C@@H](NCc2ccccc2O)CC(=O)C(=O)[C@@H]1Cc1ccccc1. The van der Waals surface area contributed by atoms with Crippen molar-refractivity contribution in [2.24, 2.45) is 17.8 Å². The highest BCUT2D eigenvalue weighted by atomic mass is 16.5. The molecule has 1 aliphatic carbocycles. The zero-order chi connectivity index (χ0) is 26.4. The molecule has 8 nitrogen and oxygen atoms in total. The van der Waals surface area contributed by atoms with Crippen LogP contribution in [0, 0.1) is 17.8 Å². The van der Waals surface area contributed by atoms with Crippen molar-refractivity contribution >= 4 is 29.1 Å². The van der Waals surface area contributed by atoms with Gasteiger partial charge in [-0.15, -0.1) is 0 Å². The van der Waals surface area contributed by atoms with Crippen LogP contribution in [0.3, 0.4) is 0 Å². The number of esters is 1. The summed E-state index contributed by atoms with van der Waals surface area (Å²) in [5.74, 6) is -6.74. The van der Waals surface area contributed by atoms with Gasteiger partial charge in [0.2, 0.25) is 23.1 Å². The quantitative estimate of drug-likeness (QED) is 0.445. The largest absolute Gasteiger partial charge is 0.508 e. The fourth-order valence-corrected chi connectivity index (χ4v) is 4.22. The minimum atomic E-state index is -1.27. The zero-order valence-corrected chi connectivity index (χ0v) is 20.6. The van der Waals surface area contributed by atoms with E-state index in [0.717, 1.165) is 5.56 Å². The van der Waals surface area contributed by atoms with Crippen molar-refractivity contribution in [1.82, 2.24) is 5.32 Å². The number of carbonyl (C=O) groups excluding carboxylic acids is 5. The number of phenolic OH excluding ortho intramolecular Hbond substituents is 1. The van der Waals surface area contributed by atoms with Crippen LogP contribution in [0.4, 0.5) is 0 Å². The molecule has 1 fully saturated rings. The summed E-state index contributed by atoms with van der Waals surface area (Å²) in [6.45, 7) is 4.69. The third kappa shape index (κ3) is 6.31. The van der Waals surface area contributed by atoms with Gasteiger partial charge in [-0.25, -0.2) is 0 Å². The van der Waals surface area contributed by atoms with Crippen LogP contribution in [0.25, 0.3) is 0 Å². The molecule has 0 bridgehead atoms. The Hall–Kier alpha value is -3.65. The van der Waals surface area contributed by atoms with Gasteiger partial charge < -0.3 is 15.2 Å². The fourth-order valence-electron chi connectivity index (χ4n) is 4.22. The Morgan fingerprint density at radius 1 is 0.972 bits per heavy atom. The first-order chi connectivity index (χ1) is 17.1. The van der Waals surface area contributed by atoms with Gasteiger partial charge in [0.25, 0.3) is 0 Å². The zero-order valence-electron chi connectivity index (χ0n) is 20.6. The summed E-state index contributed by atoms with van der Waals surface area (Å²) in [7, 11) is 0. The fraction of sp³-hybridized carbons (Fsp3) is 0.393. The number of carbonyl (C=O) groups is 5. The van der Waals surface area contributed by atoms with Crippen molar-refractivity contribution in [3.8, 4) is 5.75 Å². The van der Waals surface area contributed by atoms with E-state index in [0.29, 0.717) is 5.56 Å². The van der Waals surface area contributed by atoms with Crippen molar-refractivity contribution < 1.29 is 33.8 Å². The highest BCUT2D eigenvalue weighted by Gasteiger charge is 2.46. The van der Waals surface area contributed by atoms with Gasteiger partial charge in [-0.1, -0.05) is 69.3 Å². The summed E-state index contributed by atoms with van der Waals surface area (Å²) in [5.41, 5.74) is 1.20. The van der Waals surface area contributed by atoms with Gasteiger partial charge in [-0.05, 0) is 18.1 Å². The van der Waals surface area contributed by atoms with Crippen molar-refractivity contribution in [2.75, 3.05) is 0 Å². The van der Waals surface area contributed by atoms with Crippen molar-refractivity contribution in [3.63, 3.8) is 0 Å². The van der Waals surface area contributed by atoms with Crippen LogP contribution in [0.15, 0.2) is 54.6 Å². The van der Waals surface area contributed by atoms with E-state index in [2.05, 4.69) is 5.32 Å². The minimum Gasteiger partial charge on any atom is -0.508 e. The first-order valence-electron chi connectivity index (χ1n) is 12.0. The second kappa shape index (κ2) is 11.9. The van der Waals surface area contributed by atoms with Gasteiger partial charge in [-0.3, -0.25) is 24.0 Å². The van der Waals surface area contributed by atoms with E-state index < -0.39 is 65.4 Å². The average Bonchev–Trinajstić information content (AvgIpc) is 2.89. The van der Waals surface area contributed by atoms with E-state index in [1.54, 1.807) is 56.3 Å². The Morgan fingerprint density at radius 3 is 2.25 bits per heavy atom. The Balaban J connectivity index is 1.96. The number of ketones is 4. The lowest BCUT2D eigenvalue weighted by molar-refractivity contribution is -0.163. The minimum absolute atomic E-state index is 0.00538. The summed E-state index contributed by atoms with van der Waals surface area (Å²) in [4.78, 5) is 65.5. The molecule has 0 heterocycles. The maximum Gasteiger partial charge on any atom is 0.308 e. The molecule has 2 aromatic rings. The molecule has 2 aromatic carbocycles. The Labute approximate surface area is 210 Å². The molecule has 0 saturated heterocycles. The van der Waals surface area contributed by atoms with Crippen LogP contribution >= 0.6 is 0 Å². The molecular weight excluding hydrogens is 462 g/mol. The predicted molar refractivity (Wildman–Crippen MR) is 131 cm³/mol. The Kier molecular flexibility index (Phi) is 8.88. The molecule has 36 heavy (non-hydrogen) atoms. The summed E-state index contributed by atoms with van der Waals surface area (Å²) in [6, 6.07) is 14.1. The van der Waals surface area contributed by atoms with Crippen molar-refractivity contribution in [3.05, 3.63) is 65.7 Å². The molecule has 0 amide bonds. The molecule has 4 atom stereocenters. The average molecular weight is 494 g/mol. The second-order valence-corrected chi connectivity index (χ2v) is 9.42. The van der Waals surface area contributed by atoms with Gasteiger partial charge in [-0.2, -0.15) is 0 Å². The number of hydrogen-bond acceptors (Lipinski definition) is 8. The smallest absolute Gasteiger partial charge is 0.308 e. The van der Waals surface area contributed by atoms with Gasteiger partial charge in [0.1, 0.15) is 11.9 Å². The van der Waals surface area contributed by atoms with E-state index in [4.69, 9.17) is 4.74 Å². The highest BCUT2D eigenvalue weighted by Crippen LogP contribution is 2.28. The molecular formula is C28H31NO7. The number of ether oxygens (including phenoxy) is 1. The molecule has 1 aliphatic rings. The van der Waals surface area contributed by atoms with Crippen LogP contribution in [0.2, 0.25) is 0 Å². The number of hydrogen-bond donors (Lipinski definition) is 2. The van der Waals surface area contributed by atoms with Crippen LogP contribution < -0.4 is 5.32 Å². The maximum atomic E-state index is 13.4. The predicted octanol–water partition coefficient (Wildman–Crippen LogP) is 2.59. The summed E-state index contributed by atoms with van der Waals surface area (Å²) in [5, 5.41) is 12.9. The number of benzene rings is 2.